The van der Waals surface area contributed by atoms with Crippen LogP contribution in [0, 0.1) is 11.3 Å². The summed E-state index contributed by atoms with van der Waals surface area (Å²) in [7, 11) is 0. The van der Waals surface area contributed by atoms with Crippen molar-refractivity contribution in [2.45, 2.75) is 38.0 Å². The van der Waals surface area contributed by atoms with Crippen molar-refractivity contribution in [2.24, 2.45) is 0 Å². The Hall–Kier alpha value is -3.65. The first-order valence-corrected chi connectivity index (χ1v) is 10.4. The van der Waals surface area contributed by atoms with E-state index in [1.807, 2.05) is 18.2 Å². The third-order valence-corrected chi connectivity index (χ3v) is 6.01. The average Bonchev–Trinajstić information content (AvgIpc) is 3.13. The first kappa shape index (κ1) is 19.3. The lowest BCUT2D eigenvalue weighted by Crippen LogP contribution is -2.36. The van der Waals surface area contributed by atoms with Crippen LogP contribution in [-0.2, 0) is 24.4 Å². The number of benzene rings is 1. The van der Waals surface area contributed by atoms with Crippen LogP contribution in [-0.4, -0.2) is 36.4 Å². The lowest BCUT2D eigenvalue weighted by atomic mass is 10.1. The highest BCUT2D eigenvalue weighted by Gasteiger charge is 2.44. The zero-order valence-electron chi connectivity index (χ0n) is 16.2. The molecular formula is C20H16FN7O2S. The highest BCUT2D eigenvalue weighted by atomic mass is 32.1. The molecule has 1 amide bonds. The van der Waals surface area contributed by atoms with Crippen LogP contribution in [0.3, 0.4) is 0 Å². The maximum absolute atomic E-state index is 12.7. The summed E-state index contributed by atoms with van der Waals surface area (Å²) in [6.07, 6.45) is 4.91. The van der Waals surface area contributed by atoms with Crippen LogP contribution in [0.2, 0.25) is 0 Å². The molecule has 0 radical (unpaired) electrons. The highest BCUT2D eigenvalue weighted by Crippen LogP contribution is 2.34. The fraction of sp³-hybridized carbons (Fsp3) is 0.300. The van der Waals surface area contributed by atoms with Crippen molar-refractivity contribution in [1.82, 2.24) is 30.3 Å². The molecule has 3 aromatic heterocycles. The van der Waals surface area contributed by atoms with E-state index in [4.69, 9.17) is 9.68 Å². The lowest BCUT2D eigenvalue weighted by molar-refractivity contribution is -0.121. The molecule has 5 rings (SSSR count). The van der Waals surface area contributed by atoms with Crippen LogP contribution in [0.5, 0.6) is 0 Å². The minimum absolute atomic E-state index is 0.0633. The van der Waals surface area contributed by atoms with E-state index in [-0.39, 0.29) is 18.2 Å². The Morgan fingerprint density at radius 3 is 2.90 bits per heavy atom. The molecule has 4 aromatic rings. The molecule has 0 unspecified atom stereocenters. The normalized spacial score (nSPS) is 14.5. The fourth-order valence-electron chi connectivity index (χ4n) is 3.20. The molecule has 31 heavy (non-hydrogen) atoms. The summed E-state index contributed by atoms with van der Waals surface area (Å²) in [5.74, 6) is 0.264. The van der Waals surface area contributed by atoms with E-state index in [9.17, 15) is 9.18 Å². The van der Waals surface area contributed by atoms with Gasteiger partial charge in [-0.15, -0.1) is 21.5 Å². The summed E-state index contributed by atoms with van der Waals surface area (Å²) in [6.45, 7) is -0.667. The van der Waals surface area contributed by atoms with Crippen LogP contribution in [0.25, 0.3) is 21.3 Å². The zero-order valence-corrected chi connectivity index (χ0v) is 17.0. The second-order valence-electron chi connectivity index (χ2n) is 7.36. The minimum Gasteiger partial charge on any atom is -0.424 e. The first-order valence-electron chi connectivity index (χ1n) is 9.58. The van der Waals surface area contributed by atoms with Crippen LogP contribution < -0.4 is 5.32 Å². The molecular weight excluding hydrogens is 421 g/mol. The highest BCUT2D eigenvalue weighted by molar-refractivity contribution is 7.18. The number of nitrogens with one attached hydrogen (secondary N) is 1. The number of hydrogen-bond acceptors (Lipinski definition) is 8. The molecule has 1 saturated carbocycles. The van der Waals surface area contributed by atoms with E-state index in [1.54, 1.807) is 12.4 Å². The third kappa shape index (κ3) is 4.02. The number of nitriles is 1. The Morgan fingerprint density at radius 1 is 1.32 bits per heavy atom. The van der Waals surface area contributed by atoms with Crippen LogP contribution in [0.1, 0.15) is 29.6 Å². The molecule has 1 N–H and O–H groups in total. The molecule has 1 aliphatic rings. The van der Waals surface area contributed by atoms with Gasteiger partial charge < -0.3 is 9.73 Å². The Kier molecular flexibility index (Phi) is 4.71. The molecule has 1 aliphatic carbocycles. The van der Waals surface area contributed by atoms with Crippen molar-refractivity contribution >= 4 is 27.5 Å². The van der Waals surface area contributed by atoms with Gasteiger partial charge in [0.1, 0.15) is 17.0 Å². The standard InChI is InChI=1S/C20H16FN7O2S/c21-11-28-9-13(8-23-28)12-1-2-14-15(5-12)31-19(24-14)7-18-27-26-17(30-18)6-16(29)25-20(10-22)3-4-20/h1-2,5,8-9H,3-4,6-7,11H2,(H,25,29). The SMILES string of the molecule is N#CC1(NC(=O)Cc2nnc(Cc3nc4ccc(-c5cnn(CF)c5)cc4s3)o2)CC1. The van der Waals surface area contributed by atoms with E-state index >= 15 is 0 Å². The number of aromatic nitrogens is 5. The lowest BCUT2D eigenvalue weighted by Gasteiger charge is -2.06. The summed E-state index contributed by atoms with van der Waals surface area (Å²) >= 11 is 1.50. The van der Waals surface area contributed by atoms with Crippen LogP contribution in [0.4, 0.5) is 4.39 Å². The van der Waals surface area contributed by atoms with Crippen molar-refractivity contribution in [3.05, 3.63) is 47.4 Å². The molecule has 0 atom stereocenters. The summed E-state index contributed by atoms with van der Waals surface area (Å²) < 4.78 is 20.5. The minimum atomic E-state index is -0.718. The van der Waals surface area contributed by atoms with Gasteiger partial charge in [0.15, 0.2) is 6.80 Å². The average molecular weight is 437 g/mol. The number of carbonyl (C=O) groups excluding carboxylic acids is 1. The van der Waals surface area contributed by atoms with E-state index < -0.39 is 12.3 Å². The molecule has 11 heteroatoms. The van der Waals surface area contributed by atoms with Crippen molar-refractivity contribution in [3.8, 4) is 17.2 Å². The molecule has 0 bridgehead atoms. The van der Waals surface area contributed by atoms with Crippen molar-refractivity contribution in [2.75, 3.05) is 0 Å². The molecule has 0 saturated heterocycles. The Balaban J connectivity index is 1.27. The summed E-state index contributed by atoms with van der Waals surface area (Å²) in [5, 5.41) is 24.4. The quantitative estimate of drug-likeness (QED) is 0.472. The van der Waals surface area contributed by atoms with Gasteiger partial charge in [-0.3, -0.25) is 4.79 Å². The van der Waals surface area contributed by atoms with Gasteiger partial charge in [0, 0.05) is 11.8 Å². The molecule has 1 fully saturated rings. The number of fused-ring (bicyclic) bond motifs is 1. The summed E-state index contributed by atoms with van der Waals surface area (Å²) in [6, 6.07) is 7.93. The van der Waals surface area contributed by atoms with Crippen molar-refractivity contribution in [3.63, 3.8) is 0 Å². The van der Waals surface area contributed by atoms with E-state index in [0.29, 0.717) is 25.2 Å². The Morgan fingerprint density at radius 2 is 2.16 bits per heavy atom. The molecule has 3 heterocycles. The first-order chi connectivity index (χ1) is 15.1. The number of hydrogen-bond donors (Lipinski definition) is 1. The van der Waals surface area contributed by atoms with Crippen molar-refractivity contribution < 1.29 is 13.6 Å². The number of rotatable bonds is 7. The van der Waals surface area contributed by atoms with Crippen molar-refractivity contribution in [1.29, 1.82) is 5.26 Å². The second-order valence-corrected chi connectivity index (χ2v) is 8.48. The number of nitrogens with zero attached hydrogens (tertiary/aromatic N) is 6. The fourth-order valence-corrected chi connectivity index (χ4v) is 4.20. The largest absolute Gasteiger partial charge is 0.424 e. The van der Waals surface area contributed by atoms with E-state index in [0.717, 1.165) is 26.4 Å². The third-order valence-electron chi connectivity index (χ3n) is 4.99. The smallest absolute Gasteiger partial charge is 0.230 e. The predicted octanol–water partition coefficient (Wildman–Crippen LogP) is 2.78. The number of amides is 1. The van der Waals surface area contributed by atoms with Gasteiger partial charge in [0.2, 0.25) is 17.7 Å². The van der Waals surface area contributed by atoms with Gasteiger partial charge in [0.05, 0.1) is 28.9 Å². The number of thiazole rings is 1. The van der Waals surface area contributed by atoms with Gasteiger partial charge in [-0.2, -0.15) is 10.4 Å². The monoisotopic (exact) mass is 437 g/mol. The second kappa shape index (κ2) is 7.55. The summed E-state index contributed by atoms with van der Waals surface area (Å²) in [5.41, 5.74) is 1.88. The molecule has 156 valence electrons. The number of alkyl halides is 1. The number of halogens is 1. The Bertz CT molecular complexity index is 1310. The zero-order chi connectivity index (χ0) is 21.4. The molecule has 9 nitrogen and oxygen atoms in total. The van der Waals surface area contributed by atoms with Crippen LogP contribution >= 0.6 is 11.3 Å². The maximum atomic E-state index is 12.7. The van der Waals surface area contributed by atoms with E-state index in [1.165, 1.54) is 16.0 Å². The summed E-state index contributed by atoms with van der Waals surface area (Å²) in [4.78, 5) is 16.7. The molecule has 1 aromatic carbocycles. The number of carbonyl (C=O) groups is 1. The van der Waals surface area contributed by atoms with Gasteiger partial charge in [-0.25, -0.2) is 14.1 Å². The van der Waals surface area contributed by atoms with Gasteiger partial charge in [-0.05, 0) is 30.5 Å². The van der Waals surface area contributed by atoms with Gasteiger partial charge in [-0.1, -0.05) is 6.07 Å². The maximum Gasteiger partial charge on any atom is 0.230 e. The van der Waals surface area contributed by atoms with E-state index in [2.05, 4.69) is 31.7 Å². The van der Waals surface area contributed by atoms with Gasteiger partial charge in [0.25, 0.3) is 0 Å². The predicted molar refractivity (Wildman–Crippen MR) is 108 cm³/mol. The topological polar surface area (TPSA) is 123 Å². The molecule has 0 spiro atoms. The molecule has 0 aliphatic heterocycles. The Labute approximate surface area is 179 Å². The van der Waals surface area contributed by atoms with Gasteiger partial charge >= 0.3 is 0 Å². The van der Waals surface area contributed by atoms with Crippen LogP contribution in [0.15, 0.2) is 35.0 Å².